The summed E-state index contributed by atoms with van der Waals surface area (Å²) in [5, 5.41) is 0. The lowest BCUT2D eigenvalue weighted by Crippen LogP contribution is -2.20. The van der Waals surface area contributed by atoms with Crippen LogP contribution in [0.1, 0.15) is 37.3 Å². The fourth-order valence-electron chi connectivity index (χ4n) is 2.34. The molecule has 0 bridgehead atoms. The molecule has 2 rings (SSSR count). The molecule has 0 amide bonds. The van der Waals surface area contributed by atoms with Crippen molar-refractivity contribution in [2.45, 2.75) is 31.7 Å². The van der Waals surface area contributed by atoms with Crippen LogP contribution in [0.3, 0.4) is 0 Å². The predicted octanol–water partition coefficient (Wildman–Crippen LogP) is 3.15. The summed E-state index contributed by atoms with van der Waals surface area (Å²) in [7, 11) is 0. The summed E-state index contributed by atoms with van der Waals surface area (Å²) in [6.07, 6.45) is 4.35. The van der Waals surface area contributed by atoms with Crippen molar-refractivity contribution in [2.75, 3.05) is 0 Å². The van der Waals surface area contributed by atoms with Crippen LogP contribution in [-0.4, -0.2) is 0 Å². The molecular weight excluding hydrogens is 196 g/mol. The second kappa shape index (κ2) is 4.27. The molecular formula is C12H15F2N. The summed E-state index contributed by atoms with van der Waals surface area (Å²) in [6, 6.07) is 3.14. The molecule has 1 fully saturated rings. The Balaban J connectivity index is 2.23. The number of rotatable bonds is 2. The van der Waals surface area contributed by atoms with Gasteiger partial charge in [0.25, 0.3) is 0 Å². The second-order valence-corrected chi connectivity index (χ2v) is 4.24. The lowest BCUT2D eigenvalue weighted by Gasteiger charge is -2.19. The highest BCUT2D eigenvalue weighted by Crippen LogP contribution is 2.35. The van der Waals surface area contributed by atoms with E-state index in [2.05, 4.69) is 0 Å². The summed E-state index contributed by atoms with van der Waals surface area (Å²) in [4.78, 5) is 0. The van der Waals surface area contributed by atoms with E-state index in [-0.39, 0.29) is 6.04 Å². The van der Waals surface area contributed by atoms with E-state index in [0.29, 0.717) is 11.5 Å². The van der Waals surface area contributed by atoms with Crippen LogP contribution in [0, 0.1) is 17.6 Å². The topological polar surface area (TPSA) is 26.0 Å². The van der Waals surface area contributed by atoms with Crippen LogP contribution in [0.4, 0.5) is 8.78 Å². The van der Waals surface area contributed by atoms with E-state index in [1.807, 2.05) is 0 Å². The van der Waals surface area contributed by atoms with Crippen LogP contribution in [0.5, 0.6) is 0 Å². The molecule has 1 saturated carbocycles. The number of hydrogen-bond acceptors (Lipinski definition) is 1. The molecule has 3 heteroatoms. The summed E-state index contributed by atoms with van der Waals surface area (Å²) in [6.45, 7) is 0. The van der Waals surface area contributed by atoms with Crippen molar-refractivity contribution in [3.05, 3.63) is 35.4 Å². The Kier molecular flexibility index (Phi) is 3.00. The third-order valence-electron chi connectivity index (χ3n) is 3.22. The summed E-state index contributed by atoms with van der Waals surface area (Å²) < 4.78 is 26.4. The molecule has 0 saturated heterocycles. The highest BCUT2D eigenvalue weighted by molar-refractivity contribution is 5.22. The molecule has 1 aliphatic rings. The van der Waals surface area contributed by atoms with E-state index in [4.69, 9.17) is 5.73 Å². The molecule has 1 unspecified atom stereocenters. The van der Waals surface area contributed by atoms with Crippen molar-refractivity contribution in [3.63, 3.8) is 0 Å². The molecule has 0 heterocycles. The van der Waals surface area contributed by atoms with Crippen LogP contribution < -0.4 is 5.73 Å². The lowest BCUT2D eigenvalue weighted by atomic mass is 9.92. The van der Waals surface area contributed by atoms with E-state index < -0.39 is 11.6 Å². The highest BCUT2D eigenvalue weighted by Gasteiger charge is 2.25. The normalized spacial score (nSPS) is 19.4. The minimum absolute atomic E-state index is 0.307. The van der Waals surface area contributed by atoms with Gasteiger partial charge in [0.15, 0.2) is 0 Å². The molecule has 1 aliphatic carbocycles. The zero-order valence-corrected chi connectivity index (χ0v) is 8.55. The average Bonchev–Trinajstić information content (AvgIpc) is 2.74. The Morgan fingerprint density at radius 2 is 1.87 bits per heavy atom. The van der Waals surface area contributed by atoms with Crippen LogP contribution in [0.15, 0.2) is 18.2 Å². The van der Waals surface area contributed by atoms with Gasteiger partial charge in [-0.05, 0) is 37.0 Å². The first-order valence-corrected chi connectivity index (χ1v) is 5.39. The number of halogens is 2. The maximum atomic E-state index is 13.4. The first kappa shape index (κ1) is 10.6. The van der Waals surface area contributed by atoms with Crippen LogP contribution in [-0.2, 0) is 0 Å². The minimum atomic E-state index is -0.417. The van der Waals surface area contributed by atoms with Gasteiger partial charge in [-0.25, -0.2) is 8.78 Å². The summed E-state index contributed by atoms with van der Waals surface area (Å²) >= 11 is 0. The summed E-state index contributed by atoms with van der Waals surface area (Å²) in [5.41, 5.74) is 6.28. The molecule has 2 N–H and O–H groups in total. The Bertz CT molecular complexity index is 345. The van der Waals surface area contributed by atoms with Gasteiger partial charge in [-0.3, -0.25) is 0 Å². The van der Waals surface area contributed by atoms with Crippen molar-refractivity contribution in [1.29, 1.82) is 0 Å². The highest BCUT2D eigenvalue weighted by atomic mass is 19.1. The Labute approximate surface area is 88.3 Å². The largest absolute Gasteiger partial charge is 0.324 e. The summed E-state index contributed by atoms with van der Waals surface area (Å²) in [5.74, 6) is -0.503. The maximum Gasteiger partial charge on any atom is 0.128 e. The van der Waals surface area contributed by atoms with Gasteiger partial charge in [0, 0.05) is 11.6 Å². The van der Waals surface area contributed by atoms with Gasteiger partial charge in [0.05, 0.1) is 0 Å². The molecule has 1 nitrogen and oxygen atoms in total. The molecule has 0 aliphatic heterocycles. The third kappa shape index (κ3) is 2.17. The van der Waals surface area contributed by atoms with Crippen molar-refractivity contribution < 1.29 is 8.78 Å². The second-order valence-electron chi connectivity index (χ2n) is 4.24. The molecule has 0 aromatic heterocycles. The van der Waals surface area contributed by atoms with Crippen molar-refractivity contribution in [2.24, 2.45) is 11.7 Å². The third-order valence-corrected chi connectivity index (χ3v) is 3.22. The molecule has 15 heavy (non-hydrogen) atoms. The zero-order chi connectivity index (χ0) is 10.8. The van der Waals surface area contributed by atoms with Crippen molar-refractivity contribution in [1.82, 2.24) is 0 Å². The lowest BCUT2D eigenvalue weighted by molar-refractivity contribution is 0.426. The van der Waals surface area contributed by atoms with Crippen LogP contribution in [0.2, 0.25) is 0 Å². The van der Waals surface area contributed by atoms with Gasteiger partial charge in [-0.1, -0.05) is 12.8 Å². The average molecular weight is 211 g/mol. The molecule has 0 spiro atoms. The fraction of sp³-hybridized carbons (Fsp3) is 0.500. The van der Waals surface area contributed by atoms with E-state index in [1.54, 1.807) is 0 Å². The molecule has 1 atom stereocenters. The molecule has 82 valence electrons. The number of benzene rings is 1. The smallest absolute Gasteiger partial charge is 0.128 e. The van der Waals surface area contributed by atoms with Gasteiger partial charge in [-0.15, -0.1) is 0 Å². The molecule has 1 aromatic rings. The van der Waals surface area contributed by atoms with Gasteiger partial charge in [0.1, 0.15) is 11.6 Å². The number of hydrogen-bond donors (Lipinski definition) is 1. The molecule has 1 aromatic carbocycles. The SMILES string of the molecule is NC(c1cc(F)ccc1F)C1CCCC1. The van der Waals surface area contributed by atoms with E-state index >= 15 is 0 Å². The Hall–Kier alpha value is -0.960. The number of nitrogens with two attached hydrogens (primary N) is 1. The first-order valence-electron chi connectivity index (χ1n) is 5.39. The maximum absolute atomic E-state index is 13.4. The monoisotopic (exact) mass is 211 g/mol. The Morgan fingerprint density at radius 1 is 1.20 bits per heavy atom. The minimum Gasteiger partial charge on any atom is -0.324 e. The van der Waals surface area contributed by atoms with Gasteiger partial charge >= 0.3 is 0 Å². The van der Waals surface area contributed by atoms with Gasteiger partial charge < -0.3 is 5.73 Å². The van der Waals surface area contributed by atoms with Gasteiger partial charge in [0.2, 0.25) is 0 Å². The fourth-order valence-corrected chi connectivity index (χ4v) is 2.34. The molecule has 0 radical (unpaired) electrons. The van der Waals surface area contributed by atoms with Crippen LogP contribution >= 0.6 is 0 Å². The zero-order valence-electron chi connectivity index (χ0n) is 8.55. The quantitative estimate of drug-likeness (QED) is 0.799. The van der Waals surface area contributed by atoms with Gasteiger partial charge in [-0.2, -0.15) is 0 Å². The van der Waals surface area contributed by atoms with Crippen LogP contribution in [0.25, 0.3) is 0 Å². The van der Waals surface area contributed by atoms with E-state index in [1.165, 1.54) is 6.07 Å². The van der Waals surface area contributed by atoms with E-state index in [0.717, 1.165) is 37.8 Å². The first-order chi connectivity index (χ1) is 7.18. The van der Waals surface area contributed by atoms with Crippen molar-refractivity contribution in [3.8, 4) is 0 Å². The standard InChI is InChI=1S/C12H15F2N/c13-9-5-6-11(14)10(7-9)12(15)8-3-1-2-4-8/h5-8,12H,1-4,15H2. The predicted molar refractivity (Wildman–Crippen MR) is 55.2 cm³/mol. The van der Waals surface area contributed by atoms with E-state index in [9.17, 15) is 8.78 Å². The Morgan fingerprint density at radius 3 is 2.53 bits per heavy atom. The van der Waals surface area contributed by atoms with Crippen molar-refractivity contribution >= 4 is 0 Å².